The summed E-state index contributed by atoms with van der Waals surface area (Å²) in [6.45, 7) is -2.15. The highest BCUT2D eigenvalue weighted by atomic mass is 32.1. The molecule has 1 N–H and O–H groups in total. The second-order valence-corrected chi connectivity index (χ2v) is 8.24. The fourth-order valence-corrected chi connectivity index (χ4v) is 3.97. The monoisotopic (exact) mass is 491 g/mol. The molecule has 0 fully saturated rings. The van der Waals surface area contributed by atoms with Gasteiger partial charge in [0.25, 0.3) is 5.56 Å². The van der Waals surface area contributed by atoms with Crippen LogP contribution in [0.1, 0.15) is 31.2 Å². The van der Waals surface area contributed by atoms with Crippen molar-refractivity contribution in [3.63, 3.8) is 0 Å². The Balaban J connectivity index is 1.48. The van der Waals surface area contributed by atoms with Crippen molar-refractivity contribution >= 4 is 29.0 Å². The highest BCUT2D eigenvalue weighted by molar-refractivity contribution is 7.71. The van der Waals surface area contributed by atoms with Gasteiger partial charge in [-0.15, -0.1) is 0 Å². The molecule has 7 nitrogen and oxygen atoms in total. The van der Waals surface area contributed by atoms with Crippen LogP contribution in [0.3, 0.4) is 0 Å². The predicted octanol–water partition coefficient (Wildman–Crippen LogP) is 4.89. The van der Waals surface area contributed by atoms with E-state index in [1.165, 1.54) is 13.2 Å². The molecule has 0 unspecified atom stereocenters. The zero-order valence-corrected chi connectivity index (χ0v) is 19.9. The Morgan fingerprint density at radius 2 is 1.91 bits per heavy atom. The molecule has 1 amide bonds. The maximum Gasteiger partial charge on any atom is 0.387 e. The van der Waals surface area contributed by atoms with Gasteiger partial charge in [0.15, 0.2) is 16.3 Å². The van der Waals surface area contributed by atoms with Crippen molar-refractivity contribution in [3.8, 4) is 11.5 Å². The largest absolute Gasteiger partial charge is 0.493 e. The number of nitrogens with one attached hydrogen (secondary N) is 1. The second-order valence-electron chi connectivity index (χ2n) is 7.86. The maximum atomic E-state index is 12.7. The summed E-state index contributed by atoms with van der Waals surface area (Å²) in [7, 11) is 3.05. The minimum atomic E-state index is -2.94. The molecule has 1 heterocycles. The van der Waals surface area contributed by atoms with Crippen molar-refractivity contribution in [2.75, 3.05) is 14.2 Å². The van der Waals surface area contributed by atoms with Gasteiger partial charge < -0.3 is 19.4 Å². The van der Waals surface area contributed by atoms with E-state index < -0.39 is 6.61 Å². The maximum absolute atomic E-state index is 12.7. The average Bonchev–Trinajstić information content (AvgIpc) is 2.81. The lowest BCUT2D eigenvalue weighted by atomic mass is 10.1. The molecule has 0 atom stereocenters. The summed E-state index contributed by atoms with van der Waals surface area (Å²) in [5, 5.41) is 0.596. The lowest BCUT2D eigenvalue weighted by molar-refractivity contribution is -0.130. The minimum absolute atomic E-state index is 0.0352. The summed E-state index contributed by atoms with van der Waals surface area (Å²) in [6, 6.07) is 11.8. The van der Waals surface area contributed by atoms with Gasteiger partial charge in [0.2, 0.25) is 5.91 Å². The Morgan fingerprint density at radius 3 is 2.65 bits per heavy atom. The SMILES string of the molecule is COc1cc(CN(C)C(=O)CCCCCn2c(=S)[nH]c3ccccc3c2=O)ccc1OC(F)F. The quantitative estimate of drug-likeness (QED) is 0.305. The number of hydrogen-bond acceptors (Lipinski definition) is 5. The van der Waals surface area contributed by atoms with Crippen molar-refractivity contribution in [1.29, 1.82) is 0 Å². The smallest absolute Gasteiger partial charge is 0.387 e. The number of benzene rings is 2. The number of alkyl halides is 2. The number of unbranched alkanes of at least 4 members (excludes halogenated alkanes) is 2. The van der Waals surface area contributed by atoms with Crippen LogP contribution >= 0.6 is 12.2 Å². The van der Waals surface area contributed by atoms with E-state index in [0.29, 0.717) is 36.1 Å². The number of halogens is 2. The Kier molecular flexibility index (Phi) is 8.75. The standard InChI is InChI=1S/C24H27F2N3O4S/c1-28(15-16-11-12-19(33-23(25)26)20(14-16)32-2)21(30)10-4-3-7-13-29-22(31)17-8-5-6-9-18(17)27-24(29)34/h5-6,8-9,11-12,14,23H,3-4,7,10,13,15H2,1-2H3,(H,27,34). The fourth-order valence-electron chi connectivity index (χ4n) is 3.68. The first-order valence-corrected chi connectivity index (χ1v) is 11.3. The normalized spacial score (nSPS) is 11.1. The van der Waals surface area contributed by atoms with Crippen LogP contribution in [0.15, 0.2) is 47.3 Å². The molecule has 1 aromatic heterocycles. The number of rotatable bonds is 11. The van der Waals surface area contributed by atoms with E-state index in [2.05, 4.69) is 9.72 Å². The number of ether oxygens (including phenoxy) is 2. The molecule has 0 saturated heterocycles. The van der Waals surface area contributed by atoms with Gasteiger partial charge in [0.05, 0.1) is 18.0 Å². The van der Waals surface area contributed by atoms with Crippen molar-refractivity contribution in [2.24, 2.45) is 0 Å². The molecule has 34 heavy (non-hydrogen) atoms. The van der Waals surface area contributed by atoms with E-state index in [4.69, 9.17) is 17.0 Å². The molecule has 0 bridgehead atoms. The lowest BCUT2D eigenvalue weighted by Gasteiger charge is -2.18. The van der Waals surface area contributed by atoms with Crippen LogP contribution < -0.4 is 15.0 Å². The van der Waals surface area contributed by atoms with E-state index in [1.54, 1.807) is 34.7 Å². The predicted molar refractivity (Wildman–Crippen MR) is 128 cm³/mol. The van der Waals surface area contributed by atoms with Gasteiger partial charge in [-0.1, -0.05) is 24.6 Å². The summed E-state index contributed by atoms with van der Waals surface area (Å²) >= 11 is 5.32. The summed E-state index contributed by atoms with van der Waals surface area (Å²) in [6.07, 6.45) is 2.52. The number of H-pyrrole nitrogens is 1. The van der Waals surface area contributed by atoms with Gasteiger partial charge in [0.1, 0.15) is 0 Å². The number of methoxy groups -OCH3 is 1. The molecule has 10 heteroatoms. The zero-order chi connectivity index (χ0) is 24.7. The number of fused-ring (bicyclic) bond motifs is 1. The van der Waals surface area contributed by atoms with Gasteiger partial charge in [0, 0.05) is 26.6 Å². The highest BCUT2D eigenvalue weighted by Crippen LogP contribution is 2.29. The summed E-state index contributed by atoms with van der Waals surface area (Å²) in [5.74, 6) is 0.0913. The number of carbonyl (C=O) groups excluding carboxylic acids is 1. The third kappa shape index (κ3) is 6.40. The summed E-state index contributed by atoms with van der Waals surface area (Å²) in [4.78, 5) is 29.8. The first kappa shape index (κ1) is 25.4. The fraction of sp³-hybridized carbons (Fsp3) is 0.375. The Bertz CT molecular complexity index is 1260. The van der Waals surface area contributed by atoms with Gasteiger partial charge in [-0.25, -0.2) is 0 Å². The van der Waals surface area contributed by atoms with E-state index >= 15 is 0 Å². The average molecular weight is 492 g/mol. The van der Waals surface area contributed by atoms with Gasteiger partial charge in [-0.3, -0.25) is 14.2 Å². The van der Waals surface area contributed by atoms with Gasteiger partial charge in [-0.05, 0) is 54.9 Å². The molecule has 0 aliphatic rings. The molecule has 0 spiro atoms. The molecule has 2 aromatic carbocycles. The number of aromatic amines is 1. The topological polar surface area (TPSA) is 76.6 Å². The van der Waals surface area contributed by atoms with Crippen LogP contribution in [0, 0.1) is 4.77 Å². The Morgan fingerprint density at radius 1 is 1.15 bits per heavy atom. The molecular weight excluding hydrogens is 464 g/mol. The van der Waals surface area contributed by atoms with E-state index in [1.807, 2.05) is 18.2 Å². The molecule has 0 aliphatic carbocycles. The first-order chi connectivity index (χ1) is 16.3. The zero-order valence-electron chi connectivity index (χ0n) is 19.1. The molecule has 3 aromatic rings. The van der Waals surface area contributed by atoms with Crippen LogP contribution in [-0.4, -0.2) is 41.1 Å². The van der Waals surface area contributed by atoms with Crippen molar-refractivity contribution in [1.82, 2.24) is 14.5 Å². The molecular formula is C24H27F2N3O4S. The van der Waals surface area contributed by atoms with Crippen molar-refractivity contribution in [3.05, 3.63) is 63.2 Å². The lowest BCUT2D eigenvalue weighted by Crippen LogP contribution is -2.26. The Hall–Kier alpha value is -3.27. The number of hydrogen-bond donors (Lipinski definition) is 1. The molecule has 3 rings (SSSR count). The van der Waals surface area contributed by atoms with E-state index in [-0.39, 0.29) is 23.0 Å². The van der Waals surface area contributed by atoms with Crippen molar-refractivity contribution < 1.29 is 23.0 Å². The van der Waals surface area contributed by atoms with E-state index in [9.17, 15) is 18.4 Å². The molecule has 0 radical (unpaired) electrons. The van der Waals surface area contributed by atoms with Crippen LogP contribution in [0.2, 0.25) is 0 Å². The second kappa shape index (κ2) is 11.7. The number of aromatic nitrogens is 2. The van der Waals surface area contributed by atoms with Gasteiger partial charge in [-0.2, -0.15) is 8.78 Å². The number of para-hydroxylation sites is 1. The molecule has 0 saturated carbocycles. The summed E-state index contributed by atoms with van der Waals surface area (Å²) in [5.41, 5.74) is 1.34. The molecule has 182 valence electrons. The minimum Gasteiger partial charge on any atom is -0.493 e. The highest BCUT2D eigenvalue weighted by Gasteiger charge is 2.14. The first-order valence-electron chi connectivity index (χ1n) is 10.9. The van der Waals surface area contributed by atoms with Crippen LogP contribution in [0.5, 0.6) is 11.5 Å². The third-order valence-corrected chi connectivity index (χ3v) is 5.77. The van der Waals surface area contributed by atoms with E-state index in [0.717, 1.165) is 23.9 Å². The van der Waals surface area contributed by atoms with Crippen LogP contribution in [0.25, 0.3) is 10.9 Å². The van der Waals surface area contributed by atoms with Gasteiger partial charge >= 0.3 is 6.61 Å². The van der Waals surface area contributed by atoms with Crippen LogP contribution in [-0.2, 0) is 17.9 Å². The number of nitrogens with zero attached hydrogens (tertiary/aromatic N) is 2. The summed E-state index contributed by atoms with van der Waals surface area (Å²) < 4.78 is 36.4. The number of carbonyl (C=O) groups is 1. The number of amides is 1. The Labute approximate surface area is 200 Å². The van der Waals surface area contributed by atoms with Crippen LogP contribution in [0.4, 0.5) is 8.78 Å². The third-order valence-electron chi connectivity index (χ3n) is 5.45. The van der Waals surface area contributed by atoms with Crippen molar-refractivity contribution in [2.45, 2.75) is 45.4 Å². The molecule has 0 aliphatic heterocycles.